The maximum atomic E-state index is 11.6. The van der Waals surface area contributed by atoms with Gasteiger partial charge in [0.05, 0.1) is 42.2 Å². The van der Waals surface area contributed by atoms with Crippen LogP contribution in [0.15, 0.2) is 16.6 Å². The molecule has 1 aliphatic heterocycles. The lowest BCUT2D eigenvalue weighted by Gasteiger charge is -2.12. The van der Waals surface area contributed by atoms with Gasteiger partial charge < -0.3 is 15.2 Å². The Bertz CT molecular complexity index is 847. The highest BCUT2D eigenvalue weighted by Gasteiger charge is 2.29. The van der Waals surface area contributed by atoms with Gasteiger partial charge in [-0.15, -0.1) is 0 Å². The molecule has 0 fully saturated rings. The Kier molecular flexibility index (Phi) is 5.12. The number of nitrogens with zero attached hydrogens (tertiary/aromatic N) is 3. The van der Waals surface area contributed by atoms with Crippen molar-refractivity contribution in [2.75, 3.05) is 26.5 Å². The van der Waals surface area contributed by atoms with E-state index in [1.807, 2.05) is 11.0 Å². The zero-order valence-corrected chi connectivity index (χ0v) is 16.1. The van der Waals surface area contributed by atoms with Gasteiger partial charge in [0.2, 0.25) is 11.0 Å². The van der Waals surface area contributed by atoms with E-state index in [1.54, 1.807) is 13.2 Å². The Morgan fingerprint density at radius 2 is 2.12 bits per heavy atom. The van der Waals surface area contributed by atoms with Gasteiger partial charge in [0.1, 0.15) is 5.75 Å². The Labute approximate surface area is 158 Å². The first-order valence-corrected chi connectivity index (χ1v) is 8.62. The van der Waals surface area contributed by atoms with Crippen LogP contribution in [0.1, 0.15) is 11.3 Å². The first-order chi connectivity index (χ1) is 11.9. The molecule has 132 valence electrons. The Morgan fingerprint density at radius 3 is 2.80 bits per heavy atom. The van der Waals surface area contributed by atoms with Crippen molar-refractivity contribution in [3.8, 4) is 17.0 Å². The number of halogens is 2. The SMILES string of the molecule is COC(=O)CN1Cc2nc(N)nc(-c3cc(OC)c(Br)cc3[ClH+])c2C1. The molecule has 0 amide bonds. The summed E-state index contributed by atoms with van der Waals surface area (Å²) in [5, 5.41) is 0.624. The number of ether oxygens (including phenoxy) is 2. The number of nitrogen functional groups attached to an aromatic ring is 1. The van der Waals surface area contributed by atoms with Crippen LogP contribution in [0.5, 0.6) is 5.75 Å². The molecule has 7 nitrogen and oxygen atoms in total. The van der Waals surface area contributed by atoms with Crippen molar-refractivity contribution in [3.63, 3.8) is 0 Å². The molecule has 3 rings (SSSR count). The van der Waals surface area contributed by atoms with Crippen molar-refractivity contribution < 1.29 is 25.9 Å². The molecule has 9 heteroatoms. The van der Waals surface area contributed by atoms with Crippen LogP contribution >= 0.6 is 15.9 Å². The number of aromatic nitrogens is 2. The summed E-state index contributed by atoms with van der Waals surface area (Å²) in [5.41, 5.74) is 9.01. The molecule has 2 aromatic rings. The number of nitrogens with two attached hydrogens (primary N) is 1. The first-order valence-electron chi connectivity index (χ1n) is 7.42. The molecule has 25 heavy (non-hydrogen) atoms. The summed E-state index contributed by atoms with van der Waals surface area (Å²) in [7, 11) is 2.95. The molecule has 0 bridgehead atoms. The summed E-state index contributed by atoms with van der Waals surface area (Å²) in [5.74, 6) is 0.522. The van der Waals surface area contributed by atoms with Crippen LogP contribution in [-0.4, -0.2) is 41.6 Å². The van der Waals surface area contributed by atoms with Crippen LogP contribution in [0.3, 0.4) is 0 Å². The average Bonchev–Trinajstić information content (AvgIpc) is 2.96. The van der Waals surface area contributed by atoms with Crippen LogP contribution in [0.2, 0.25) is 5.02 Å². The molecule has 2 heterocycles. The van der Waals surface area contributed by atoms with Gasteiger partial charge in [-0.25, -0.2) is 9.97 Å². The molecular weight excluding hydrogens is 412 g/mol. The van der Waals surface area contributed by atoms with E-state index in [2.05, 4.69) is 25.9 Å². The standard InChI is InChI=1S/C16H17BrClN4O3/c1-24-13-3-8(11(18)4-10(13)17)15-9-5-22(7-14(23)25-2)6-12(9)20-16(19)21-15/h3-4,18H,5-7H2,1-2H3,(H2,19,20,21)/q+1. The largest absolute Gasteiger partial charge is 0.496 e. The number of carbonyl (C=O) groups is 1. The van der Waals surface area contributed by atoms with E-state index in [4.69, 9.17) is 26.8 Å². The number of fused-ring (bicyclic) bond motifs is 1. The lowest BCUT2D eigenvalue weighted by Crippen LogP contribution is -2.25. The lowest BCUT2D eigenvalue weighted by molar-refractivity contribution is -0.287. The second-order valence-electron chi connectivity index (χ2n) is 5.56. The third-order valence-electron chi connectivity index (χ3n) is 3.95. The number of anilines is 1. The third kappa shape index (κ3) is 3.56. The molecule has 0 saturated carbocycles. The molecule has 1 aliphatic rings. The Hall–Kier alpha value is -1.90. The fourth-order valence-corrected chi connectivity index (χ4v) is 3.73. The van der Waals surface area contributed by atoms with E-state index >= 15 is 0 Å². The highest BCUT2D eigenvalue weighted by molar-refractivity contribution is 9.10. The molecule has 0 spiro atoms. The molecule has 0 unspecified atom stereocenters. The van der Waals surface area contributed by atoms with Crippen LogP contribution in [-0.2, 0) is 22.6 Å². The number of rotatable bonds is 4. The maximum absolute atomic E-state index is 11.6. The molecule has 0 atom stereocenters. The van der Waals surface area contributed by atoms with E-state index in [0.717, 1.165) is 21.3 Å². The zero-order chi connectivity index (χ0) is 18.1. The quantitative estimate of drug-likeness (QED) is 0.741. The fourth-order valence-electron chi connectivity index (χ4n) is 2.80. The highest BCUT2D eigenvalue weighted by atomic mass is 79.9. The third-order valence-corrected chi connectivity index (χ3v) is 4.91. The maximum Gasteiger partial charge on any atom is 0.319 e. The van der Waals surface area contributed by atoms with E-state index in [9.17, 15) is 4.79 Å². The molecule has 1 aromatic heterocycles. The van der Waals surface area contributed by atoms with Crippen molar-refractivity contribution in [1.29, 1.82) is 0 Å². The van der Waals surface area contributed by atoms with Crippen LogP contribution in [0.25, 0.3) is 11.3 Å². The van der Waals surface area contributed by atoms with Crippen molar-refractivity contribution in [2.45, 2.75) is 13.1 Å². The predicted octanol–water partition coefficient (Wildman–Crippen LogP) is 1.68. The lowest BCUT2D eigenvalue weighted by atomic mass is 10.1. The van der Waals surface area contributed by atoms with Crippen LogP contribution < -0.4 is 10.5 Å². The summed E-state index contributed by atoms with van der Waals surface area (Å²) < 4.78 is 10.9. The number of esters is 1. The smallest absolute Gasteiger partial charge is 0.319 e. The van der Waals surface area contributed by atoms with Gasteiger partial charge in [-0.3, -0.25) is 9.69 Å². The fraction of sp³-hybridized carbons (Fsp3) is 0.312. The van der Waals surface area contributed by atoms with Gasteiger partial charge in [0.15, 0.2) is 11.6 Å². The first kappa shape index (κ1) is 17.9. The summed E-state index contributed by atoms with van der Waals surface area (Å²) >= 11 is 8.91. The minimum atomic E-state index is -0.301. The highest BCUT2D eigenvalue weighted by Crippen LogP contribution is 2.38. The summed E-state index contributed by atoms with van der Waals surface area (Å²) in [4.78, 5) is 22.2. The van der Waals surface area contributed by atoms with E-state index in [-0.39, 0.29) is 18.5 Å². The number of hydrogen-bond acceptors (Lipinski definition) is 7. The molecule has 0 radical (unpaired) electrons. The Morgan fingerprint density at radius 1 is 1.36 bits per heavy atom. The van der Waals surface area contributed by atoms with E-state index < -0.39 is 0 Å². The summed E-state index contributed by atoms with van der Waals surface area (Å²) in [6, 6.07) is 3.63. The average molecular weight is 429 g/mol. The predicted molar refractivity (Wildman–Crippen MR) is 92.8 cm³/mol. The molecular formula is C16H17BrClN4O3+. The minimum Gasteiger partial charge on any atom is -0.496 e. The summed E-state index contributed by atoms with van der Waals surface area (Å²) in [6.45, 7) is 1.20. The van der Waals surface area contributed by atoms with Gasteiger partial charge in [-0.05, 0) is 22.0 Å². The second kappa shape index (κ2) is 7.15. The van der Waals surface area contributed by atoms with Crippen molar-refractivity contribution in [2.24, 2.45) is 0 Å². The van der Waals surface area contributed by atoms with Crippen LogP contribution in [0, 0.1) is 11.6 Å². The van der Waals surface area contributed by atoms with E-state index in [0.29, 0.717) is 29.6 Å². The molecule has 2 N–H and O–H groups in total. The van der Waals surface area contributed by atoms with Crippen molar-refractivity contribution in [3.05, 3.63) is 32.9 Å². The molecule has 1 aromatic carbocycles. The minimum absolute atomic E-state index is 0.171. The Balaban J connectivity index is 2.05. The summed E-state index contributed by atoms with van der Waals surface area (Å²) in [6.07, 6.45) is 0. The number of carbonyl (C=O) groups excluding carboxylic acids is 1. The van der Waals surface area contributed by atoms with Gasteiger partial charge in [0.25, 0.3) is 0 Å². The monoisotopic (exact) mass is 427 g/mol. The van der Waals surface area contributed by atoms with Crippen molar-refractivity contribution in [1.82, 2.24) is 14.9 Å². The van der Waals surface area contributed by atoms with Crippen LogP contribution in [0.4, 0.5) is 5.95 Å². The topological polar surface area (TPSA) is 90.6 Å². The van der Waals surface area contributed by atoms with E-state index in [1.165, 1.54) is 7.11 Å². The van der Waals surface area contributed by atoms with Crippen molar-refractivity contribution >= 4 is 27.8 Å². The van der Waals surface area contributed by atoms with Gasteiger partial charge in [-0.2, -0.15) is 0 Å². The number of methoxy groups -OCH3 is 2. The zero-order valence-electron chi connectivity index (χ0n) is 13.7. The number of hydrogen-bond donors (Lipinski definition) is 1. The van der Waals surface area contributed by atoms with Gasteiger partial charge in [-0.1, -0.05) is 0 Å². The van der Waals surface area contributed by atoms with Gasteiger partial charge >= 0.3 is 5.97 Å². The normalized spacial score (nSPS) is 13.6. The molecule has 0 saturated heterocycles. The second-order valence-corrected chi connectivity index (χ2v) is 6.85. The number of benzene rings is 1. The molecule has 0 aliphatic carbocycles. The van der Waals surface area contributed by atoms with Gasteiger partial charge in [0, 0.05) is 24.7 Å².